The summed E-state index contributed by atoms with van der Waals surface area (Å²) in [5.74, 6) is -0.439. The number of sulfonamides is 1. The third-order valence-electron chi connectivity index (χ3n) is 6.78. The molecule has 0 amide bonds. The number of ether oxygens (including phenoxy) is 1. The highest BCUT2D eigenvalue weighted by atomic mass is 32.2. The number of pyridine rings is 1. The van der Waals surface area contributed by atoms with Crippen molar-refractivity contribution in [2.24, 2.45) is 10.2 Å². The number of hydrogen-bond donors (Lipinski definition) is 1. The quantitative estimate of drug-likeness (QED) is 0.0404. The standard InChI is InChI=1S/C40H44N4O5S.C3H8/c1-3-4-5-6-7-8-9-10-11-12-13-14-15-16-17-18-19-20-24-40(46)49-38-30-27-35(32-37(38)33(2)45)43-42-34-25-28-36(29-26-34)50(47,48)44-39-23-21-22-31-41-39;1-3-2/h4-5,7-8,10-11,13-14,16-17,19-23,25-32H,3,6,9,12,15,18,24H2,1-2H3,(H,41,44);3H2,1-2H3/b5-4-,8-7-,11-10-,14-13-,17-16-,20-19-,43-42?;. The highest BCUT2D eigenvalue weighted by Crippen LogP contribution is 2.27. The number of hydrogen-bond acceptors (Lipinski definition) is 8. The third kappa shape index (κ3) is 19.1. The average Bonchev–Trinajstić information content (AvgIpc) is 3.14. The van der Waals surface area contributed by atoms with E-state index in [4.69, 9.17) is 4.74 Å². The molecule has 2 aromatic carbocycles. The number of ketones is 1. The summed E-state index contributed by atoms with van der Waals surface area (Å²) in [6, 6.07) is 15.3. The van der Waals surface area contributed by atoms with Crippen LogP contribution in [0.4, 0.5) is 17.2 Å². The van der Waals surface area contributed by atoms with Crippen molar-refractivity contribution in [2.75, 3.05) is 4.72 Å². The Morgan fingerprint density at radius 3 is 1.72 bits per heavy atom. The fraction of sp³-hybridized carbons (Fsp3) is 0.279. The molecule has 0 aliphatic heterocycles. The van der Waals surface area contributed by atoms with Crippen molar-refractivity contribution in [2.45, 2.75) is 84.0 Å². The molecule has 0 bridgehead atoms. The van der Waals surface area contributed by atoms with Crippen LogP contribution in [0.25, 0.3) is 0 Å². The van der Waals surface area contributed by atoms with Gasteiger partial charge in [0.05, 0.1) is 28.3 Å². The van der Waals surface area contributed by atoms with E-state index in [1.807, 2.05) is 12.2 Å². The van der Waals surface area contributed by atoms with Gasteiger partial charge >= 0.3 is 5.97 Å². The molecular weight excluding hydrogens is 685 g/mol. The lowest BCUT2D eigenvalue weighted by Crippen LogP contribution is -2.13. The van der Waals surface area contributed by atoms with Gasteiger partial charge in [-0.3, -0.25) is 14.3 Å². The van der Waals surface area contributed by atoms with Crippen molar-refractivity contribution in [3.63, 3.8) is 0 Å². The van der Waals surface area contributed by atoms with Crippen LogP contribution < -0.4 is 9.46 Å². The Morgan fingerprint density at radius 2 is 1.21 bits per heavy atom. The zero-order valence-corrected chi connectivity index (χ0v) is 32.0. The molecular formula is C43H52N4O5S. The van der Waals surface area contributed by atoms with E-state index >= 15 is 0 Å². The predicted molar refractivity (Wildman–Crippen MR) is 217 cm³/mol. The lowest BCUT2D eigenvalue weighted by Gasteiger charge is -2.08. The van der Waals surface area contributed by atoms with E-state index in [9.17, 15) is 18.0 Å². The van der Waals surface area contributed by atoms with Gasteiger partial charge in [0.2, 0.25) is 0 Å². The van der Waals surface area contributed by atoms with Crippen LogP contribution in [0, 0.1) is 0 Å². The Balaban J connectivity index is 0.00000313. The normalized spacial score (nSPS) is 12.2. The van der Waals surface area contributed by atoms with Crippen LogP contribution in [0.1, 0.15) is 89.4 Å². The highest BCUT2D eigenvalue weighted by Gasteiger charge is 2.15. The molecule has 280 valence electrons. The minimum Gasteiger partial charge on any atom is -0.426 e. The van der Waals surface area contributed by atoms with Gasteiger partial charge in [-0.15, -0.1) is 0 Å². The van der Waals surface area contributed by atoms with Gasteiger partial charge in [-0.05, 0) is 100 Å². The average molecular weight is 737 g/mol. The van der Waals surface area contributed by atoms with Crippen LogP contribution in [-0.4, -0.2) is 25.2 Å². The molecule has 9 nitrogen and oxygen atoms in total. The summed E-state index contributed by atoms with van der Waals surface area (Å²) in [7, 11) is -3.82. The van der Waals surface area contributed by atoms with Gasteiger partial charge in [0, 0.05) is 6.20 Å². The van der Waals surface area contributed by atoms with Crippen LogP contribution in [0.2, 0.25) is 0 Å². The SMILES string of the molecule is CC/C=C\C/C=C\C/C=C\C/C=C\C/C=C\C/C=C\CC(=O)Oc1ccc(N=Nc2ccc(S(=O)(=O)Nc3ccccn3)cc2)cc1C(C)=O.CCC. The van der Waals surface area contributed by atoms with Crippen LogP contribution in [0.5, 0.6) is 5.75 Å². The number of rotatable bonds is 20. The van der Waals surface area contributed by atoms with Gasteiger partial charge in [-0.2, -0.15) is 10.2 Å². The van der Waals surface area contributed by atoms with Gasteiger partial charge in [-0.25, -0.2) is 13.4 Å². The van der Waals surface area contributed by atoms with Crippen LogP contribution in [-0.2, 0) is 14.8 Å². The molecule has 3 rings (SSSR count). The minimum absolute atomic E-state index is 0.0381. The van der Waals surface area contributed by atoms with Crippen LogP contribution in [0.3, 0.4) is 0 Å². The largest absolute Gasteiger partial charge is 0.426 e. The van der Waals surface area contributed by atoms with E-state index in [0.29, 0.717) is 17.8 Å². The molecule has 0 fully saturated rings. The number of esters is 1. The number of nitrogens with one attached hydrogen (secondary N) is 1. The fourth-order valence-corrected chi connectivity index (χ4v) is 5.25. The van der Waals surface area contributed by atoms with E-state index in [1.54, 1.807) is 30.3 Å². The Hall–Kier alpha value is -5.48. The lowest BCUT2D eigenvalue weighted by atomic mass is 10.1. The fourth-order valence-electron chi connectivity index (χ4n) is 4.24. The summed E-state index contributed by atoms with van der Waals surface area (Å²) in [5.41, 5.74) is 0.957. The summed E-state index contributed by atoms with van der Waals surface area (Å²) >= 11 is 0. The first-order chi connectivity index (χ1) is 25.7. The predicted octanol–water partition coefficient (Wildman–Crippen LogP) is 11.9. The van der Waals surface area contributed by atoms with Crippen LogP contribution >= 0.6 is 0 Å². The van der Waals surface area contributed by atoms with Crippen molar-refractivity contribution in [1.29, 1.82) is 0 Å². The van der Waals surface area contributed by atoms with E-state index in [0.717, 1.165) is 32.1 Å². The van der Waals surface area contributed by atoms with Crippen molar-refractivity contribution in [1.82, 2.24) is 4.98 Å². The Bertz CT molecular complexity index is 1860. The van der Waals surface area contributed by atoms with Gasteiger partial charge in [0.25, 0.3) is 10.0 Å². The molecule has 0 atom stereocenters. The second kappa shape index (κ2) is 26.3. The molecule has 0 saturated heterocycles. The number of carbonyl (C=O) groups excluding carboxylic acids is 2. The number of Topliss-reactive ketones (excluding diaryl/α,β-unsaturated/α-hetero) is 1. The Morgan fingerprint density at radius 1 is 0.698 bits per heavy atom. The van der Waals surface area contributed by atoms with Gasteiger partial charge in [0.1, 0.15) is 11.6 Å². The maximum absolute atomic E-state index is 12.6. The first-order valence-electron chi connectivity index (χ1n) is 17.9. The van der Waals surface area contributed by atoms with E-state index in [-0.39, 0.29) is 34.2 Å². The lowest BCUT2D eigenvalue weighted by molar-refractivity contribution is -0.133. The van der Waals surface area contributed by atoms with Crippen molar-refractivity contribution in [3.8, 4) is 5.75 Å². The summed E-state index contributed by atoms with van der Waals surface area (Å²) in [6.07, 6.45) is 33.4. The molecule has 0 saturated carbocycles. The van der Waals surface area contributed by atoms with E-state index in [2.05, 4.69) is 95.4 Å². The molecule has 3 aromatic rings. The van der Waals surface area contributed by atoms with Gasteiger partial charge in [0.15, 0.2) is 5.78 Å². The van der Waals surface area contributed by atoms with Gasteiger partial charge in [-0.1, -0.05) is 106 Å². The number of aromatic nitrogens is 1. The first-order valence-corrected chi connectivity index (χ1v) is 19.4. The molecule has 0 radical (unpaired) electrons. The third-order valence-corrected chi connectivity index (χ3v) is 8.15. The number of allylic oxidation sites excluding steroid dienone is 11. The zero-order chi connectivity index (χ0) is 38.6. The minimum atomic E-state index is -3.82. The molecule has 0 aliphatic rings. The summed E-state index contributed by atoms with van der Waals surface area (Å²) in [5, 5.41) is 8.30. The van der Waals surface area contributed by atoms with Gasteiger partial charge < -0.3 is 4.74 Å². The van der Waals surface area contributed by atoms with E-state index in [1.165, 1.54) is 55.9 Å². The number of carbonyl (C=O) groups is 2. The van der Waals surface area contributed by atoms with Crippen molar-refractivity contribution >= 4 is 39.0 Å². The summed E-state index contributed by atoms with van der Waals surface area (Å²) in [4.78, 5) is 28.8. The summed E-state index contributed by atoms with van der Waals surface area (Å²) in [6.45, 7) is 7.76. The number of azo groups is 1. The topological polar surface area (TPSA) is 127 Å². The van der Waals surface area contributed by atoms with Crippen molar-refractivity contribution in [3.05, 3.63) is 145 Å². The molecule has 1 N–H and O–H groups in total. The molecule has 53 heavy (non-hydrogen) atoms. The summed E-state index contributed by atoms with van der Waals surface area (Å²) < 4.78 is 33.1. The number of nitrogens with zero attached hydrogens (tertiary/aromatic N) is 3. The number of anilines is 1. The molecule has 10 heteroatoms. The maximum atomic E-state index is 12.6. The van der Waals surface area contributed by atoms with Crippen LogP contribution in [0.15, 0.2) is 155 Å². The monoisotopic (exact) mass is 736 g/mol. The maximum Gasteiger partial charge on any atom is 0.315 e. The molecule has 0 aliphatic carbocycles. The zero-order valence-electron chi connectivity index (χ0n) is 31.2. The van der Waals surface area contributed by atoms with Crippen molar-refractivity contribution < 1.29 is 22.7 Å². The molecule has 1 heterocycles. The molecule has 0 spiro atoms. The second-order valence-electron chi connectivity index (χ2n) is 11.6. The Labute approximate surface area is 315 Å². The highest BCUT2D eigenvalue weighted by molar-refractivity contribution is 7.92. The first kappa shape index (κ1) is 43.7. The molecule has 1 aromatic heterocycles. The van der Waals surface area contributed by atoms with E-state index < -0.39 is 16.0 Å². The smallest absolute Gasteiger partial charge is 0.315 e. The number of benzene rings is 2. The molecule has 0 unspecified atom stereocenters. The Kier molecular flexibility index (Phi) is 21.7. The second-order valence-corrected chi connectivity index (χ2v) is 13.2.